The molecule has 1 fully saturated rings. The molecule has 1 amide bonds. The van der Waals surface area contributed by atoms with Crippen molar-refractivity contribution in [2.75, 3.05) is 11.2 Å². The average molecular weight is 427 g/mol. The lowest BCUT2D eigenvalue weighted by atomic mass is 9.95. The second-order valence-corrected chi connectivity index (χ2v) is 8.12. The van der Waals surface area contributed by atoms with Gasteiger partial charge in [0.25, 0.3) is 5.78 Å². The maximum Gasteiger partial charge on any atom is 0.301 e. The molecule has 1 aromatic heterocycles. The molecular weight excluding hydrogens is 413 g/mol. The summed E-state index contributed by atoms with van der Waals surface area (Å²) in [6.45, 7) is 0. The predicted octanol–water partition coefficient (Wildman–Crippen LogP) is 4.03. The van der Waals surface area contributed by atoms with Crippen molar-refractivity contribution >= 4 is 45.7 Å². The fourth-order valence-corrected chi connectivity index (χ4v) is 4.44. The zero-order chi connectivity index (χ0) is 20.5. The second-order valence-electron chi connectivity index (χ2n) is 6.11. The van der Waals surface area contributed by atoms with E-state index in [4.69, 9.17) is 0 Å². The van der Waals surface area contributed by atoms with E-state index in [0.29, 0.717) is 9.90 Å². The molecule has 1 aliphatic rings. The van der Waals surface area contributed by atoms with Gasteiger partial charge in [0.2, 0.25) is 5.13 Å². The van der Waals surface area contributed by atoms with Crippen molar-refractivity contribution in [3.8, 4) is 0 Å². The normalized spacial score (nSPS) is 18.4. The van der Waals surface area contributed by atoms with Crippen molar-refractivity contribution in [2.24, 2.45) is 0 Å². The molecular formula is C20H14FN3O3S2. The van der Waals surface area contributed by atoms with Crippen LogP contribution in [0.1, 0.15) is 17.2 Å². The number of ketones is 1. The topological polar surface area (TPSA) is 83.4 Å². The highest BCUT2D eigenvalue weighted by Crippen LogP contribution is 2.44. The molecule has 1 aliphatic heterocycles. The van der Waals surface area contributed by atoms with Gasteiger partial charge in [0.1, 0.15) is 17.6 Å². The summed E-state index contributed by atoms with van der Waals surface area (Å²) in [4.78, 5) is 26.9. The molecule has 4 rings (SSSR count). The summed E-state index contributed by atoms with van der Waals surface area (Å²) in [5.74, 6) is -2.76. The first kappa shape index (κ1) is 19.3. The van der Waals surface area contributed by atoms with E-state index in [0.717, 1.165) is 16.2 Å². The van der Waals surface area contributed by atoms with Crippen molar-refractivity contribution in [3.05, 3.63) is 77.1 Å². The van der Waals surface area contributed by atoms with Gasteiger partial charge in [0, 0.05) is 11.1 Å². The van der Waals surface area contributed by atoms with E-state index >= 15 is 0 Å². The van der Waals surface area contributed by atoms with Gasteiger partial charge in [-0.1, -0.05) is 71.6 Å². The van der Waals surface area contributed by atoms with Crippen LogP contribution >= 0.6 is 23.1 Å². The number of Topliss-reactive ketones (excluding diaryl/α,β-unsaturated/α-hetero) is 1. The lowest BCUT2D eigenvalue weighted by molar-refractivity contribution is -0.132. The van der Waals surface area contributed by atoms with Gasteiger partial charge < -0.3 is 5.11 Å². The molecule has 1 saturated heterocycles. The zero-order valence-electron chi connectivity index (χ0n) is 15.1. The lowest BCUT2D eigenvalue weighted by Gasteiger charge is -2.22. The number of carbonyl (C=O) groups excluding carboxylic acids is 2. The number of aromatic nitrogens is 2. The number of halogens is 1. The van der Waals surface area contributed by atoms with Crippen molar-refractivity contribution in [3.63, 3.8) is 0 Å². The van der Waals surface area contributed by atoms with Gasteiger partial charge in [0.05, 0.1) is 5.57 Å². The van der Waals surface area contributed by atoms with Crippen LogP contribution in [0.5, 0.6) is 0 Å². The van der Waals surface area contributed by atoms with Crippen LogP contribution in [-0.4, -0.2) is 33.3 Å². The first-order chi connectivity index (χ1) is 14.0. The van der Waals surface area contributed by atoms with Crippen molar-refractivity contribution in [1.82, 2.24) is 10.2 Å². The number of nitrogens with zero attached hydrogens (tertiary/aromatic N) is 3. The Bertz CT molecular complexity index is 1130. The molecule has 146 valence electrons. The van der Waals surface area contributed by atoms with E-state index in [1.165, 1.54) is 30.0 Å². The van der Waals surface area contributed by atoms with E-state index in [1.807, 2.05) is 6.26 Å². The summed E-state index contributed by atoms with van der Waals surface area (Å²) in [6.07, 6.45) is 1.81. The molecule has 0 radical (unpaired) electrons. The summed E-state index contributed by atoms with van der Waals surface area (Å²) in [7, 11) is 0. The van der Waals surface area contributed by atoms with Crippen molar-refractivity contribution in [2.45, 2.75) is 10.4 Å². The Labute approximate surface area is 173 Å². The van der Waals surface area contributed by atoms with Crippen LogP contribution < -0.4 is 4.90 Å². The Kier molecular flexibility index (Phi) is 5.16. The first-order valence-electron chi connectivity index (χ1n) is 8.51. The molecule has 2 aromatic carbocycles. The third-order valence-electron chi connectivity index (χ3n) is 4.47. The van der Waals surface area contributed by atoms with Crippen LogP contribution in [0.25, 0.3) is 5.76 Å². The first-order valence-corrected chi connectivity index (χ1v) is 10.6. The highest BCUT2D eigenvalue weighted by atomic mass is 32.2. The molecule has 2 heterocycles. The fraction of sp³-hybridized carbons (Fsp3) is 0.100. The number of amides is 1. The molecule has 9 heteroatoms. The summed E-state index contributed by atoms with van der Waals surface area (Å²) in [6, 6.07) is 13.0. The summed E-state index contributed by atoms with van der Waals surface area (Å²) >= 11 is 2.46. The smallest absolute Gasteiger partial charge is 0.301 e. The number of anilines is 1. The van der Waals surface area contributed by atoms with Crippen LogP contribution in [0.15, 0.2) is 64.5 Å². The molecule has 29 heavy (non-hydrogen) atoms. The number of aliphatic hydroxyl groups is 1. The number of rotatable bonds is 4. The molecule has 3 aromatic rings. The van der Waals surface area contributed by atoms with E-state index < -0.39 is 23.5 Å². The number of thioether (sulfide) groups is 1. The van der Waals surface area contributed by atoms with Crippen LogP contribution in [0.4, 0.5) is 9.52 Å². The number of benzene rings is 2. The number of carbonyl (C=O) groups is 2. The van der Waals surface area contributed by atoms with Crippen LogP contribution in [0, 0.1) is 5.82 Å². The highest BCUT2D eigenvalue weighted by Gasteiger charge is 2.49. The van der Waals surface area contributed by atoms with Crippen LogP contribution in [0.3, 0.4) is 0 Å². The predicted molar refractivity (Wildman–Crippen MR) is 109 cm³/mol. The van der Waals surface area contributed by atoms with E-state index in [2.05, 4.69) is 10.2 Å². The minimum Gasteiger partial charge on any atom is -0.507 e. The zero-order valence-corrected chi connectivity index (χ0v) is 16.7. The summed E-state index contributed by atoms with van der Waals surface area (Å²) in [5, 5.41) is 19.0. The SMILES string of the molecule is CSc1nnc(N2C(=O)C(=O)C(=C(O)c3ccccc3)[C@H]2c2ccccc2F)s1. The average Bonchev–Trinajstić information content (AvgIpc) is 3.31. The van der Waals surface area contributed by atoms with Crippen LogP contribution in [-0.2, 0) is 9.59 Å². The van der Waals surface area contributed by atoms with Gasteiger partial charge in [-0.3, -0.25) is 14.5 Å². The standard InChI is InChI=1S/C20H14FN3O3S2/c1-28-20-23-22-19(29-20)24-15(12-9-5-6-10-13(12)21)14(17(26)18(24)27)16(25)11-7-3-2-4-8-11/h2-10,15,25H,1H3/t15-/m1/s1. The molecule has 0 aliphatic carbocycles. The minimum absolute atomic E-state index is 0.0880. The van der Waals surface area contributed by atoms with E-state index in [9.17, 15) is 19.1 Å². The lowest BCUT2D eigenvalue weighted by Crippen LogP contribution is -2.29. The van der Waals surface area contributed by atoms with Crippen molar-refractivity contribution in [1.29, 1.82) is 0 Å². The quantitative estimate of drug-likeness (QED) is 0.223. The fourth-order valence-electron chi connectivity index (χ4n) is 3.15. The van der Waals surface area contributed by atoms with Crippen LogP contribution in [0.2, 0.25) is 0 Å². The Hall–Kier alpha value is -3.04. The van der Waals surface area contributed by atoms with Gasteiger partial charge in [-0.05, 0) is 12.3 Å². The summed E-state index contributed by atoms with van der Waals surface area (Å²) < 4.78 is 15.3. The van der Waals surface area contributed by atoms with Gasteiger partial charge in [-0.25, -0.2) is 4.39 Å². The molecule has 0 spiro atoms. The molecule has 1 atom stereocenters. The molecule has 0 saturated carbocycles. The monoisotopic (exact) mass is 427 g/mol. The minimum atomic E-state index is -1.15. The van der Waals surface area contributed by atoms with Gasteiger partial charge in [0.15, 0.2) is 4.34 Å². The number of aliphatic hydroxyl groups excluding tert-OH is 1. The Morgan fingerprint density at radius 1 is 1.10 bits per heavy atom. The number of hydrogen-bond donors (Lipinski definition) is 1. The van der Waals surface area contributed by atoms with Crippen molar-refractivity contribution < 1.29 is 19.1 Å². The van der Waals surface area contributed by atoms with Gasteiger partial charge >= 0.3 is 5.91 Å². The maximum atomic E-state index is 14.7. The molecule has 0 bridgehead atoms. The Morgan fingerprint density at radius 2 is 1.79 bits per heavy atom. The van der Waals surface area contributed by atoms with Gasteiger partial charge in [-0.2, -0.15) is 0 Å². The van der Waals surface area contributed by atoms with E-state index in [-0.39, 0.29) is 22.0 Å². The molecule has 1 N–H and O–H groups in total. The second kappa shape index (κ2) is 7.76. The third kappa shape index (κ3) is 3.32. The summed E-state index contributed by atoms with van der Waals surface area (Å²) in [5.41, 5.74) is 0.256. The largest absolute Gasteiger partial charge is 0.507 e. The number of hydrogen-bond acceptors (Lipinski definition) is 7. The third-order valence-corrected chi connectivity index (χ3v) is 6.37. The Balaban J connectivity index is 1.96. The highest BCUT2D eigenvalue weighted by molar-refractivity contribution is 8.00. The van der Waals surface area contributed by atoms with E-state index in [1.54, 1.807) is 36.4 Å². The Morgan fingerprint density at radius 3 is 2.45 bits per heavy atom. The molecule has 6 nitrogen and oxygen atoms in total. The van der Waals surface area contributed by atoms with Gasteiger partial charge in [-0.15, -0.1) is 10.2 Å². The maximum absolute atomic E-state index is 14.7. The molecule has 0 unspecified atom stereocenters.